The third kappa shape index (κ3) is 2.11. The molecule has 1 aromatic carbocycles. The predicted molar refractivity (Wildman–Crippen MR) is 73.6 cm³/mol. The molecule has 98 valence electrons. The lowest BCUT2D eigenvalue weighted by Crippen LogP contribution is -2.46. The molecule has 0 unspecified atom stereocenters. The van der Waals surface area contributed by atoms with E-state index >= 15 is 0 Å². The van der Waals surface area contributed by atoms with E-state index in [2.05, 4.69) is 13.2 Å². The summed E-state index contributed by atoms with van der Waals surface area (Å²) in [7, 11) is 0. The monoisotopic (exact) mass is 256 g/mol. The van der Waals surface area contributed by atoms with E-state index < -0.39 is 0 Å². The largest absolute Gasteiger partial charge is 0.276 e. The van der Waals surface area contributed by atoms with Crippen molar-refractivity contribution in [1.82, 2.24) is 10.0 Å². The predicted octanol–water partition coefficient (Wildman–Crippen LogP) is 2.18. The van der Waals surface area contributed by atoms with E-state index in [9.17, 15) is 9.59 Å². The molecule has 0 saturated heterocycles. The number of carbonyl (C=O) groups is 2. The normalized spacial score (nSPS) is 13.9. The van der Waals surface area contributed by atoms with E-state index in [4.69, 9.17) is 0 Å². The number of amides is 2. The highest BCUT2D eigenvalue weighted by Crippen LogP contribution is 2.26. The molecule has 4 heteroatoms. The van der Waals surface area contributed by atoms with Gasteiger partial charge in [-0.15, -0.1) is 13.2 Å². The minimum atomic E-state index is -0.285. The number of fused-ring (bicyclic) bond motifs is 1. The van der Waals surface area contributed by atoms with Crippen molar-refractivity contribution in [3.8, 4) is 0 Å². The SMILES string of the molecule is C=CCN(CC=C)N1C(=O)c2cccc(C)c2C1=O. The van der Waals surface area contributed by atoms with Gasteiger partial charge in [0.25, 0.3) is 11.8 Å². The Morgan fingerprint density at radius 1 is 1.16 bits per heavy atom. The Balaban J connectivity index is 2.43. The second-order valence-electron chi connectivity index (χ2n) is 4.37. The van der Waals surface area contributed by atoms with Gasteiger partial charge in [-0.25, -0.2) is 10.0 Å². The van der Waals surface area contributed by atoms with Crippen LogP contribution in [0.4, 0.5) is 0 Å². The number of imide groups is 1. The van der Waals surface area contributed by atoms with Gasteiger partial charge in [0.2, 0.25) is 0 Å². The van der Waals surface area contributed by atoms with Crippen molar-refractivity contribution in [2.75, 3.05) is 13.1 Å². The zero-order valence-corrected chi connectivity index (χ0v) is 10.9. The van der Waals surface area contributed by atoms with E-state index in [1.165, 1.54) is 5.01 Å². The second-order valence-corrected chi connectivity index (χ2v) is 4.37. The zero-order chi connectivity index (χ0) is 14.0. The van der Waals surface area contributed by atoms with E-state index in [1.807, 2.05) is 13.0 Å². The number of hydrogen-bond acceptors (Lipinski definition) is 3. The Hall–Kier alpha value is -2.20. The van der Waals surface area contributed by atoms with Gasteiger partial charge in [-0.3, -0.25) is 9.59 Å². The van der Waals surface area contributed by atoms with E-state index in [0.29, 0.717) is 24.2 Å². The first-order valence-corrected chi connectivity index (χ1v) is 6.06. The van der Waals surface area contributed by atoms with Crippen molar-refractivity contribution in [3.63, 3.8) is 0 Å². The Morgan fingerprint density at radius 2 is 1.79 bits per heavy atom. The Labute approximate surface area is 112 Å². The summed E-state index contributed by atoms with van der Waals surface area (Å²) in [6.45, 7) is 9.95. The third-order valence-electron chi connectivity index (χ3n) is 3.06. The van der Waals surface area contributed by atoms with Crippen molar-refractivity contribution < 1.29 is 9.59 Å². The molecule has 0 N–H and O–H groups in total. The fraction of sp³-hybridized carbons (Fsp3) is 0.200. The molecule has 0 saturated carbocycles. The molecule has 0 radical (unpaired) electrons. The minimum absolute atomic E-state index is 0.276. The lowest BCUT2D eigenvalue weighted by molar-refractivity contribution is 0.0118. The fourth-order valence-corrected chi connectivity index (χ4v) is 2.23. The summed E-state index contributed by atoms with van der Waals surface area (Å²) in [6, 6.07) is 5.30. The first-order valence-electron chi connectivity index (χ1n) is 6.06. The summed E-state index contributed by atoms with van der Waals surface area (Å²) >= 11 is 0. The first-order chi connectivity index (χ1) is 9.11. The summed E-state index contributed by atoms with van der Waals surface area (Å²) in [5, 5.41) is 2.81. The van der Waals surface area contributed by atoms with Crippen LogP contribution in [0.3, 0.4) is 0 Å². The van der Waals surface area contributed by atoms with Crippen molar-refractivity contribution in [2.24, 2.45) is 0 Å². The molecular formula is C15H16N2O2. The maximum absolute atomic E-state index is 12.4. The van der Waals surface area contributed by atoms with E-state index in [1.54, 1.807) is 29.3 Å². The molecule has 1 aliphatic heterocycles. The van der Waals surface area contributed by atoms with Crippen molar-refractivity contribution in [3.05, 3.63) is 60.2 Å². The van der Waals surface area contributed by atoms with Crippen molar-refractivity contribution in [1.29, 1.82) is 0 Å². The van der Waals surface area contributed by atoms with Gasteiger partial charge < -0.3 is 0 Å². The lowest BCUT2D eigenvalue weighted by atomic mass is 10.0. The molecule has 0 spiro atoms. The van der Waals surface area contributed by atoms with Crippen LogP contribution >= 0.6 is 0 Å². The standard InChI is InChI=1S/C15H16N2O2/c1-4-9-16(10-5-2)17-14(18)12-8-6-7-11(3)13(12)15(17)19/h4-8H,1-2,9-10H2,3H3. The van der Waals surface area contributed by atoms with Gasteiger partial charge in [0, 0.05) is 13.1 Å². The van der Waals surface area contributed by atoms with Crippen LogP contribution in [0.5, 0.6) is 0 Å². The summed E-state index contributed by atoms with van der Waals surface area (Å²) in [6.07, 6.45) is 3.31. The van der Waals surface area contributed by atoms with Crippen LogP contribution in [0.1, 0.15) is 26.3 Å². The number of hydrogen-bond donors (Lipinski definition) is 0. The molecule has 0 aliphatic carbocycles. The highest BCUT2D eigenvalue weighted by Gasteiger charge is 2.39. The molecule has 2 amide bonds. The Kier molecular flexibility index (Phi) is 3.62. The van der Waals surface area contributed by atoms with Gasteiger partial charge in [0.15, 0.2) is 0 Å². The average Bonchev–Trinajstić information content (AvgIpc) is 2.63. The van der Waals surface area contributed by atoms with Crippen LogP contribution in [-0.2, 0) is 0 Å². The number of nitrogens with zero attached hydrogens (tertiary/aromatic N) is 2. The molecule has 0 aromatic heterocycles. The van der Waals surface area contributed by atoms with Crippen LogP contribution in [-0.4, -0.2) is 34.9 Å². The smallest absolute Gasteiger partial charge is 0.267 e. The molecule has 2 rings (SSSR count). The maximum Gasteiger partial charge on any atom is 0.276 e. The highest BCUT2D eigenvalue weighted by atomic mass is 16.2. The average molecular weight is 256 g/mol. The number of hydrazine groups is 1. The van der Waals surface area contributed by atoms with E-state index in [-0.39, 0.29) is 11.8 Å². The third-order valence-corrected chi connectivity index (χ3v) is 3.06. The molecule has 0 bridgehead atoms. The van der Waals surface area contributed by atoms with Crippen LogP contribution in [0.2, 0.25) is 0 Å². The fourth-order valence-electron chi connectivity index (χ4n) is 2.23. The van der Waals surface area contributed by atoms with Gasteiger partial charge in [-0.2, -0.15) is 0 Å². The van der Waals surface area contributed by atoms with Gasteiger partial charge in [-0.1, -0.05) is 24.3 Å². The summed E-state index contributed by atoms with van der Waals surface area (Å²) in [5.74, 6) is -0.561. The maximum atomic E-state index is 12.4. The van der Waals surface area contributed by atoms with Crippen molar-refractivity contribution in [2.45, 2.75) is 6.92 Å². The summed E-state index contributed by atoms with van der Waals surface area (Å²) in [4.78, 5) is 24.8. The molecule has 1 aromatic rings. The highest BCUT2D eigenvalue weighted by molar-refractivity contribution is 6.21. The van der Waals surface area contributed by atoms with Gasteiger partial charge in [0.05, 0.1) is 11.1 Å². The minimum Gasteiger partial charge on any atom is -0.267 e. The number of rotatable bonds is 5. The molecular weight excluding hydrogens is 240 g/mol. The number of benzene rings is 1. The zero-order valence-electron chi connectivity index (χ0n) is 10.9. The van der Waals surface area contributed by atoms with Gasteiger partial charge >= 0.3 is 0 Å². The molecule has 4 nitrogen and oxygen atoms in total. The van der Waals surface area contributed by atoms with Crippen LogP contribution in [0.25, 0.3) is 0 Å². The number of aryl methyl sites for hydroxylation is 1. The van der Waals surface area contributed by atoms with Crippen LogP contribution < -0.4 is 0 Å². The van der Waals surface area contributed by atoms with Gasteiger partial charge in [0.1, 0.15) is 0 Å². The molecule has 1 aliphatic rings. The Bertz CT molecular complexity index is 553. The molecule has 19 heavy (non-hydrogen) atoms. The quantitative estimate of drug-likeness (QED) is 0.599. The van der Waals surface area contributed by atoms with Crippen molar-refractivity contribution >= 4 is 11.8 Å². The van der Waals surface area contributed by atoms with E-state index in [0.717, 1.165) is 5.56 Å². The topological polar surface area (TPSA) is 40.6 Å². The molecule has 1 heterocycles. The summed E-state index contributed by atoms with van der Waals surface area (Å²) < 4.78 is 0. The molecule has 0 atom stereocenters. The summed E-state index contributed by atoms with van der Waals surface area (Å²) in [5.41, 5.74) is 1.77. The van der Waals surface area contributed by atoms with Gasteiger partial charge in [-0.05, 0) is 18.6 Å². The second kappa shape index (κ2) is 5.20. The van der Waals surface area contributed by atoms with Crippen LogP contribution in [0.15, 0.2) is 43.5 Å². The molecule has 0 fully saturated rings. The Morgan fingerprint density at radius 3 is 2.32 bits per heavy atom. The number of carbonyl (C=O) groups excluding carboxylic acids is 2. The first kappa shape index (κ1) is 13.2. The lowest BCUT2D eigenvalue weighted by Gasteiger charge is -2.27. The van der Waals surface area contributed by atoms with Crippen LogP contribution in [0, 0.1) is 6.92 Å².